The van der Waals surface area contributed by atoms with E-state index < -0.39 is 11.9 Å². The van der Waals surface area contributed by atoms with E-state index in [1.807, 2.05) is 23.7 Å². The van der Waals surface area contributed by atoms with Crippen LogP contribution >= 0.6 is 11.6 Å². The Hall–Kier alpha value is -2.99. The maximum absolute atomic E-state index is 13.0. The van der Waals surface area contributed by atoms with Gasteiger partial charge in [-0.3, -0.25) is 9.59 Å². The van der Waals surface area contributed by atoms with Crippen LogP contribution in [0.2, 0.25) is 5.02 Å². The third-order valence-corrected chi connectivity index (χ3v) is 4.62. The summed E-state index contributed by atoms with van der Waals surface area (Å²) in [6.45, 7) is 0. The molecule has 7 heteroatoms. The lowest BCUT2D eigenvalue weighted by Crippen LogP contribution is -2.31. The van der Waals surface area contributed by atoms with E-state index in [0.717, 1.165) is 5.56 Å². The lowest BCUT2D eigenvalue weighted by molar-refractivity contribution is -0.121. The van der Waals surface area contributed by atoms with Crippen molar-refractivity contribution in [3.05, 3.63) is 88.7 Å². The summed E-state index contributed by atoms with van der Waals surface area (Å²) in [5, 5.41) is 3.53. The van der Waals surface area contributed by atoms with E-state index in [-0.39, 0.29) is 24.5 Å². The van der Waals surface area contributed by atoms with Gasteiger partial charge in [0.05, 0.1) is 0 Å². The summed E-state index contributed by atoms with van der Waals surface area (Å²) >= 11 is 5.96. The van der Waals surface area contributed by atoms with Gasteiger partial charge in [0.2, 0.25) is 5.91 Å². The van der Waals surface area contributed by atoms with Gasteiger partial charge in [0.25, 0.3) is 0 Å². The zero-order chi connectivity index (χ0) is 20.1. The Morgan fingerprint density at radius 3 is 2.39 bits per heavy atom. The van der Waals surface area contributed by atoms with E-state index in [1.165, 1.54) is 24.3 Å². The predicted octanol–water partition coefficient (Wildman–Crippen LogP) is 4.08. The number of aryl methyl sites for hydroxylation is 1. The van der Waals surface area contributed by atoms with Crippen LogP contribution < -0.4 is 5.32 Å². The molecule has 1 aromatic heterocycles. The quantitative estimate of drug-likeness (QED) is 0.609. The monoisotopic (exact) mass is 399 g/mol. The van der Waals surface area contributed by atoms with Crippen LogP contribution in [0.5, 0.6) is 0 Å². The summed E-state index contributed by atoms with van der Waals surface area (Å²) < 4.78 is 14.8. The number of hydrogen-bond donors (Lipinski definition) is 1. The zero-order valence-electron chi connectivity index (χ0n) is 15.2. The molecule has 1 atom stereocenters. The van der Waals surface area contributed by atoms with Crippen LogP contribution in [-0.2, 0) is 11.8 Å². The molecule has 1 amide bonds. The SMILES string of the molecule is Cn1ccnc1C(NC(=O)CCC(=O)c1ccc(F)cc1)c1ccc(Cl)cc1. The van der Waals surface area contributed by atoms with Crippen molar-refractivity contribution in [1.82, 2.24) is 14.9 Å². The molecule has 28 heavy (non-hydrogen) atoms. The lowest BCUT2D eigenvalue weighted by Gasteiger charge is -2.19. The molecular weight excluding hydrogens is 381 g/mol. The number of ketones is 1. The van der Waals surface area contributed by atoms with Crippen LogP contribution in [0.4, 0.5) is 4.39 Å². The Morgan fingerprint density at radius 2 is 1.79 bits per heavy atom. The van der Waals surface area contributed by atoms with Gasteiger partial charge in [-0.2, -0.15) is 0 Å². The maximum Gasteiger partial charge on any atom is 0.221 e. The second-order valence-electron chi connectivity index (χ2n) is 6.38. The van der Waals surface area contributed by atoms with Gasteiger partial charge in [0.1, 0.15) is 17.7 Å². The van der Waals surface area contributed by atoms with Crippen LogP contribution in [0.15, 0.2) is 60.9 Å². The first-order valence-corrected chi connectivity index (χ1v) is 9.12. The summed E-state index contributed by atoms with van der Waals surface area (Å²) in [7, 11) is 1.84. The van der Waals surface area contributed by atoms with E-state index in [1.54, 1.807) is 24.5 Å². The van der Waals surface area contributed by atoms with Crippen LogP contribution in [0.3, 0.4) is 0 Å². The number of halogens is 2. The Morgan fingerprint density at radius 1 is 1.11 bits per heavy atom. The smallest absolute Gasteiger partial charge is 0.221 e. The van der Waals surface area contributed by atoms with Gasteiger partial charge in [-0.1, -0.05) is 23.7 Å². The van der Waals surface area contributed by atoms with Crippen molar-refractivity contribution in [3.63, 3.8) is 0 Å². The molecule has 0 aliphatic rings. The fourth-order valence-electron chi connectivity index (χ4n) is 2.85. The molecular formula is C21H19ClFN3O2. The molecule has 1 unspecified atom stereocenters. The van der Waals surface area contributed by atoms with Crippen molar-refractivity contribution < 1.29 is 14.0 Å². The van der Waals surface area contributed by atoms with Gasteiger partial charge in [-0.05, 0) is 42.0 Å². The minimum absolute atomic E-state index is 0.0186. The molecule has 0 radical (unpaired) electrons. The molecule has 0 spiro atoms. The van der Waals surface area contributed by atoms with E-state index in [0.29, 0.717) is 16.4 Å². The molecule has 0 fully saturated rings. The van der Waals surface area contributed by atoms with Crippen molar-refractivity contribution >= 4 is 23.3 Å². The summed E-state index contributed by atoms with van der Waals surface area (Å²) in [5.41, 5.74) is 1.21. The molecule has 144 valence electrons. The third-order valence-electron chi connectivity index (χ3n) is 4.37. The first kappa shape index (κ1) is 19.8. The van der Waals surface area contributed by atoms with E-state index in [9.17, 15) is 14.0 Å². The molecule has 2 aromatic carbocycles. The summed E-state index contributed by atoms with van der Waals surface area (Å²) in [6.07, 6.45) is 3.50. The van der Waals surface area contributed by atoms with Crippen LogP contribution in [-0.4, -0.2) is 21.2 Å². The number of aromatic nitrogens is 2. The third kappa shape index (κ3) is 4.84. The summed E-state index contributed by atoms with van der Waals surface area (Å²) in [4.78, 5) is 29.0. The number of nitrogens with zero attached hydrogens (tertiary/aromatic N) is 2. The number of hydrogen-bond acceptors (Lipinski definition) is 3. The molecule has 3 rings (SSSR count). The minimum atomic E-state index is -0.467. The second kappa shape index (κ2) is 8.80. The molecule has 1 N–H and O–H groups in total. The highest BCUT2D eigenvalue weighted by molar-refractivity contribution is 6.30. The van der Waals surface area contributed by atoms with Crippen molar-refractivity contribution in [2.45, 2.75) is 18.9 Å². The second-order valence-corrected chi connectivity index (χ2v) is 6.81. The van der Waals surface area contributed by atoms with Crippen LogP contribution in [0.1, 0.15) is 40.6 Å². The number of nitrogens with one attached hydrogen (secondary N) is 1. The maximum atomic E-state index is 13.0. The van der Waals surface area contributed by atoms with E-state index >= 15 is 0 Å². The Kier molecular flexibility index (Phi) is 6.21. The van der Waals surface area contributed by atoms with Crippen molar-refractivity contribution in [2.75, 3.05) is 0 Å². The van der Waals surface area contributed by atoms with Crippen molar-refractivity contribution in [1.29, 1.82) is 0 Å². The highest BCUT2D eigenvalue weighted by Crippen LogP contribution is 2.22. The van der Waals surface area contributed by atoms with Gasteiger partial charge in [0, 0.05) is 42.9 Å². The van der Waals surface area contributed by atoms with Gasteiger partial charge in [-0.15, -0.1) is 0 Å². The number of benzene rings is 2. The largest absolute Gasteiger partial charge is 0.342 e. The van der Waals surface area contributed by atoms with Crippen molar-refractivity contribution in [2.24, 2.45) is 7.05 Å². The summed E-state index contributed by atoms with van der Waals surface area (Å²) in [5.74, 6) is -0.232. The molecule has 0 saturated heterocycles. The van der Waals surface area contributed by atoms with E-state index in [2.05, 4.69) is 10.3 Å². The minimum Gasteiger partial charge on any atom is -0.342 e. The number of rotatable bonds is 7. The standard InChI is InChI=1S/C21H19ClFN3O2/c1-26-13-12-24-21(26)20(15-2-6-16(22)7-3-15)25-19(28)11-10-18(27)14-4-8-17(23)9-5-14/h2-9,12-13,20H,10-11H2,1H3,(H,25,28). The normalized spacial score (nSPS) is 11.8. The Balaban J connectivity index is 1.69. The topological polar surface area (TPSA) is 64.0 Å². The first-order valence-electron chi connectivity index (χ1n) is 8.75. The summed E-state index contributed by atoms with van der Waals surface area (Å²) in [6, 6.07) is 12.0. The number of carbonyl (C=O) groups is 2. The number of Topliss-reactive ketones (excluding diaryl/α,β-unsaturated/α-hetero) is 1. The van der Waals surface area contributed by atoms with Crippen LogP contribution in [0, 0.1) is 5.82 Å². The molecule has 0 aliphatic heterocycles. The van der Waals surface area contributed by atoms with E-state index in [4.69, 9.17) is 11.6 Å². The van der Waals surface area contributed by atoms with Gasteiger partial charge in [0.15, 0.2) is 5.78 Å². The van der Waals surface area contributed by atoms with Crippen LogP contribution in [0.25, 0.3) is 0 Å². The van der Waals surface area contributed by atoms with Gasteiger partial charge < -0.3 is 9.88 Å². The molecule has 5 nitrogen and oxygen atoms in total. The molecule has 3 aromatic rings. The average Bonchev–Trinajstić information content (AvgIpc) is 3.11. The Labute approximate surface area is 167 Å². The van der Waals surface area contributed by atoms with Gasteiger partial charge in [-0.25, -0.2) is 9.37 Å². The lowest BCUT2D eigenvalue weighted by atomic mass is 10.0. The predicted molar refractivity (Wildman–Crippen MR) is 105 cm³/mol. The molecule has 0 bridgehead atoms. The van der Waals surface area contributed by atoms with Crippen molar-refractivity contribution in [3.8, 4) is 0 Å². The first-order chi connectivity index (χ1) is 13.4. The number of imidazole rings is 1. The fourth-order valence-corrected chi connectivity index (χ4v) is 2.97. The molecule has 0 aliphatic carbocycles. The Bertz CT molecular complexity index is 968. The highest BCUT2D eigenvalue weighted by Gasteiger charge is 2.21. The molecule has 1 heterocycles. The highest BCUT2D eigenvalue weighted by atomic mass is 35.5. The molecule has 0 saturated carbocycles. The number of amides is 1. The fraction of sp³-hybridized carbons (Fsp3) is 0.190. The average molecular weight is 400 g/mol. The number of carbonyl (C=O) groups excluding carboxylic acids is 2. The van der Waals surface area contributed by atoms with Gasteiger partial charge >= 0.3 is 0 Å². The zero-order valence-corrected chi connectivity index (χ0v) is 16.0.